The highest BCUT2D eigenvalue weighted by molar-refractivity contribution is 5.27. The number of halogens is 1. The van der Waals surface area contributed by atoms with Crippen molar-refractivity contribution in [1.82, 2.24) is 5.32 Å². The van der Waals surface area contributed by atoms with Crippen LogP contribution in [0.25, 0.3) is 0 Å². The van der Waals surface area contributed by atoms with Gasteiger partial charge in [-0.25, -0.2) is 4.39 Å². The molecule has 0 aliphatic heterocycles. The molecule has 1 saturated carbocycles. The van der Waals surface area contributed by atoms with Gasteiger partial charge in [-0.3, -0.25) is 0 Å². The number of benzene rings is 1. The Bertz CT molecular complexity index is 352. The fourth-order valence-electron chi connectivity index (χ4n) is 3.10. The molecule has 2 heteroatoms. The lowest BCUT2D eigenvalue weighted by Gasteiger charge is -2.38. The Kier molecular flexibility index (Phi) is 4.76. The quantitative estimate of drug-likeness (QED) is 0.777. The molecule has 1 nitrogen and oxygen atoms in total. The van der Waals surface area contributed by atoms with Crippen molar-refractivity contribution in [1.29, 1.82) is 0 Å². The van der Waals surface area contributed by atoms with Gasteiger partial charge >= 0.3 is 0 Å². The molecule has 0 spiro atoms. The molecule has 0 radical (unpaired) electrons. The van der Waals surface area contributed by atoms with Gasteiger partial charge in [0.1, 0.15) is 5.82 Å². The Hall–Kier alpha value is -0.890. The molecule has 1 fully saturated rings. The van der Waals surface area contributed by atoms with E-state index in [-0.39, 0.29) is 11.2 Å². The van der Waals surface area contributed by atoms with Crippen molar-refractivity contribution in [3.05, 3.63) is 35.6 Å². The van der Waals surface area contributed by atoms with Gasteiger partial charge in [-0.05, 0) is 43.5 Å². The fraction of sp³-hybridized carbons (Fsp3) is 0.625. The second-order valence-electron chi connectivity index (χ2n) is 5.52. The SMILES string of the molecule is CCCNCC1(c2ccc(F)cc2)CCCCC1. The smallest absolute Gasteiger partial charge is 0.123 e. The van der Waals surface area contributed by atoms with Crippen LogP contribution in [-0.4, -0.2) is 13.1 Å². The van der Waals surface area contributed by atoms with Gasteiger partial charge in [0.25, 0.3) is 0 Å². The number of nitrogens with one attached hydrogen (secondary N) is 1. The molecule has 18 heavy (non-hydrogen) atoms. The Morgan fingerprint density at radius 1 is 1.11 bits per heavy atom. The van der Waals surface area contributed by atoms with Crippen LogP contribution in [0.4, 0.5) is 4.39 Å². The molecule has 0 atom stereocenters. The molecule has 0 amide bonds. The second kappa shape index (κ2) is 6.33. The third-order valence-electron chi connectivity index (χ3n) is 4.16. The minimum atomic E-state index is -0.133. The van der Waals surface area contributed by atoms with Gasteiger partial charge in [0.15, 0.2) is 0 Å². The summed E-state index contributed by atoms with van der Waals surface area (Å²) in [4.78, 5) is 0. The highest BCUT2D eigenvalue weighted by Gasteiger charge is 2.33. The van der Waals surface area contributed by atoms with E-state index in [0.29, 0.717) is 0 Å². The summed E-state index contributed by atoms with van der Waals surface area (Å²) in [6, 6.07) is 7.17. The van der Waals surface area contributed by atoms with Gasteiger partial charge in [0, 0.05) is 12.0 Å². The Labute approximate surface area is 110 Å². The summed E-state index contributed by atoms with van der Waals surface area (Å²) >= 11 is 0. The molecule has 1 aromatic carbocycles. The Morgan fingerprint density at radius 3 is 2.39 bits per heavy atom. The Balaban J connectivity index is 2.15. The average Bonchev–Trinajstić information content (AvgIpc) is 2.41. The molecule has 1 aliphatic carbocycles. The van der Waals surface area contributed by atoms with E-state index in [1.165, 1.54) is 44.1 Å². The minimum Gasteiger partial charge on any atom is -0.316 e. The summed E-state index contributed by atoms with van der Waals surface area (Å²) in [6.45, 7) is 4.30. The molecular weight excluding hydrogens is 225 g/mol. The van der Waals surface area contributed by atoms with E-state index in [4.69, 9.17) is 0 Å². The van der Waals surface area contributed by atoms with Crippen LogP contribution < -0.4 is 5.32 Å². The molecule has 0 unspecified atom stereocenters. The van der Waals surface area contributed by atoms with E-state index in [0.717, 1.165) is 13.1 Å². The lowest BCUT2D eigenvalue weighted by molar-refractivity contribution is 0.280. The van der Waals surface area contributed by atoms with Crippen LogP contribution >= 0.6 is 0 Å². The molecular formula is C16H24FN. The van der Waals surface area contributed by atoms with Crippen LogP contribution in [0.2, 0.25) is 0 Å². The van der Waals surface area contributed by atoms with E-state index in [9.17, 15) is 4.39 Å². The molecule has 2 rings (SSSR count). The van der Waals surface area contributed by atoms with Gasteiger partial charge < -0.3 is 5.32 Å². The van der Waals surface area contributed by atoms with E-state index in [1.54, 1.807) is 12.1 Å². The van der Waals surface area contributed by atoms with E-state index < -0.39 is 0 Å². The maximum Gasteiger partial charge on any atom is 0.123 e. The third kappa shape index (κ3) is 3.11. The zero-order valence-corrected chi connectivity index (χ0v) is 11.3. The van der Waals surface area contributed by atoms with Crippen molar-refractivity contribution in [2.24, 2.45) is 0 Å². The standard InChI is InChI=1S/C16H24FN/c1-2-12-18-13-16(10-4-3-5-11-16)14-6-8-15(17)9-7-14/h6-9,18H,2-5,10-13H2,1H3. The van der Waals surface area contributed by atoms with Crippen molar-refractivity contribution >= 4 is 0 Å². The van der Waals surface area contributed by atoms with Gasteiger partial charge in [-0.15, -0.1) is 0 Å². The predicted octanol–water partition coefficient (Wildman–Crippen LogP) is 4.03. The number of hydrogen-bond acceptors (Lipinski definition) is 1. The monoisotopic (exact) mass is 249 g/mol. The normalized spacial score (nSPS) is 18.8. The fourth-order valence-corrected chi connectivity index (χ4v) is 3.10. The molecule has 0 heterocycles. The second-order valence-corrected chi connectivity index (χ2v) is 5.52. The van der Waals surface area contributed by atoms with Crippen LogP contribution in [0.15, 0.2) is 24.3 Å². The van der Waals surface area contributed by atoms with E-state index in [1.807, 2.05) is 12.1 Å². The molecule has 0 aromatic heterocycles. The lowest BCUT2D eigenvalue weighted by Crippen LogP contribution is -2.40. The summed E-state index contributed by atoms with van der Waals surface area (Å²) in [5.74, 6) is -0.133. The average molecular weight is 249 g/mol. The zero-order chi connectivity index (χ0) is 12.8. The maximum absolute atomic E-state index is 13.1. The van der Waals surface area contributed by atoms with Crippen LogP contribution in [0, 0.1) is 5.82 Å². The first kappa shape index (κ1) is 13.5. The van der Waals surface area contributed by atoms with Crippen LogP contribution in [0.5, 0.6) is 0 Å². The lowest BCUT2D eigenvalue weighted by atomic mass is 9.69. The van der Waals surface area contributed by atoms with Crippen LogP contribution in [0.3, 0.4) is 0 Å². The van der Waals surface area contributed by atoms with Crippen molar-refractivity contribution < 1.29 is 4.39 Å². The molecule has 1 aliphatic rings. The maximum atomic E-state index is 13.1. The summed E-state index contributed by atoms with van der Waals surface area (Å²) in [6.07, 6.45) is 7.57. The molecule has 0 saturated heterocycles. The van der Waals surface area contributed by atoms with Crippen molar-refractivity contribution in [3.8, 4) is 0 Å². The highest BCUT2D eigenvalue weighted by Crippen LogP contribution is 2.39. The summed E-state index contributed by atoms with van der Waals surface area (Å²) in [5, 5.41) is 3.56. The number of hydrogen-bond donors (Lipinski definition) is 1. The summed E-state index contributed by atoms with van der Waals surface area (Å²) < 4.78 is 13.1. The van der Waals surface area contributed by atoms with Crippen LogP contribution in [-0.2, 0) is 5.41 Å². The minimum absolute atomic E-state index is 0.133. The van der Waals surface area contributed by atoms with E-state index in [2.05, 4.69) is 12.2 Å². The third-order valence-corrected chi connectivity index (χ3v) is 4.16. The van der Waals surface area contributed by atoms with Crippen molar-refractivity contribution in [2.45, 2.75) is 50.9 Å². The van der Waals surface area contributed by atoms with Gasteiger partial charge in [-0.1, -0.05) is 38.3 Å². The first-order valence-corrected chi connectivity index (χ1v) is 7.24. The molecule has 100 valence electrons. The number of rotatable bonds is 5. The predicted molar refractivity (Wildman–Crippen MR) is 74.3 cm³/mol. The van der Waals surface area contributed by atoms with E-state index >= 15 is 0 Å². The first-order valence-electron chi connectivity index (χ1n) is 7.24. The topological polar surface area (TPSA) is 12.0 Å². The molecule has 0 bridgehead atoms. The largest absolute Gasteiger partial charge is 0.316 e. The Morgan fingerprint density at radius 2 is 1.78 bits per heavy atom. The zero-order valence-electron chi connectivity index (χ0n) is 11.3. The van der Waals surface area contributed by atoms with Crippen molar-refractivity contribution in [3.63, 3.8) is 0 Å². The summed E-state index contributed by atoms with van der Waals surface area (Å²) in [5.41, 5.74) is 1.55. The van der Waals surface area contributed by atoms with Crippen LogP contribution in [0.1, 0.15) is 51.0 Å². The van der Waals surface area contributed by atoms with Gasteiger partial charge in [0.05, 0.1) is 0 Å². The highest BCUT2D eigenvalue weighted by atomic mass is 19.1. The molecule has 1 aromatic rings. The van der Waals surface area contributed by atoms with Crippen molar-refractivity contribution in [2.75, 3.05) is 13.1 Å². The molecule has 1 N–H and O–H groups in total. The summed E-state index contributed by atoms with van der Waals surface area (Å²) in [7, 11) is 0. The van der Waals surface area contributed by atoms with Gasteiger partial charge in [0.2, 0.25) is 0 Å². The van der Waals surface area contributed by atoms with Gasteiger partial charge in [-0.2, -0.15) is 0 Å². The first-order chi connectivity index (χ1) is 8.77.